The molecule has 0 atom stereocenters. The molecule has 0 saturated carbocycles. The Morgan fingerprint density at radius 2 is 1.89 bits per heavy atom. The van der Waals surface area contributed by atoms with Crippen molar-refractivity contribution in [3.63, 3.8) is 0 Å². The number of rotatable bonds is 1. The topological polar surface area (TPSA) is 44.9 Å². The van der Waals surface area contributed by atoms with Gasteiger partial charge in [0.05, 0.1) is 5.56 Å². The van der Waals surface area contributed by atoms with Crippen molar-refractivity contribution in [3.8, 4) is 0 Å². The van der Waals surface area contributed by atoms with Crippen LogP contribution in [0.1, 0.15) is 42.4 Å². The number of aromatic nitrogens is 1. The standard InChI is InChI=1S/C15H20N2O/c1-9-7-6-8-11-12(9)13(10(2)16-11)14(18)17-15(3,4)5/h6-8,16H,1-5H3,(H,17,18). The monoisotopic (exact) mass is 244 g/mol. The highest BCUT2D eigenvalue weighted by Gasteiger charge is 2.21. The first-order valence-electron chi connectivity index (χ1n) is 6.20. The van der Waals surface area contributed by atoms with Crippen LogP contribution in [0.15, 0.2) is 18.2 Å². The Bertz CT molecular complexity index is 603. The van der Waals surface area contributed by atoms with Gasteiger partial charge in [0.1, 0.15) is 0 Å². The first-order chi connectivity index (χ1) is 8.29. The van der Waals surface area contributed by atoms with Gasteiger partial charge in [-0.15, -0.1) is 0 Å². The van der Waals surface area contributed by atoms with E-state index in [-0.39, 0.29) is 11.4 Å². The number of hydrogen-bond donors (Lipinski definition) is 2. The lowest BCUT2D eigenvalue weighted by Crippen LogP contribution is -2.40. The number of aryl methyl sites for hydroxylation is 2. The second-order valence-corrected chi connectivity index (χ2v) is 5.83. The minimum absolute atomic E-state index is 0.0134. The van der Waals surface area contributed by atoms with Crippen molar-refractivity contribution >= 4 is 16.8 Å². The van der Waals surface area contributed by atoms with Gasteiger partial charge in [-0.1, -0.05) is 12.1 Å². The van der Waals surface area contributed by atoms with Crippen LogP contribution in [0, 0.1) is 13.8 Å². The number of carbonyl (C=O) groups excluding carboxylic acids is 1. The summed E-state index contributed by atoms with van der Waals surface area (Å²) in [7, 11) is 0. The van der Waals surface area contributed by atoms with E-state index in [0.29, 0.717) is 0 Å². The average Bonchev–Trinajstić information content (AvgIpc) is 2.53. The van der Waals surface area contributed by atoms with Gasteiger partial charge in [0, 0.05) is 22.1 Å². The molecule has 0 bridgehead atoms. The maximum atomic E-state index is 12.4. The number of aromatic amines is 1. The van der Waals surface area contributed by atoms with Crippen LogP contribution in [-0.4, -0.2) is 16.4 Å². The Kier molecular flexibility index (Phi) is 2.93. The van der Waals surface area contributed by atoms with Gasteiger partial charge >= 0.3 is 0 Å². The normalized spacial score (nSPS) is 11.8. The van der Waals surface area contributed by atoms with E-state index in [4.69, 9.17) is 0 Å². The van der Waals surface area contributed by atoms with Gasteiger partial charge in [0.25, 0.3) is 5.91 Å². The van der Waals surface area contributed by atoms with Crippen molar-refractivity contribution in [1.29, 1.82) is 0 Å². The third-order valence-corrected chi connectivity index (χ3v) is 2.94. The van der Waals surface area contributed by atoms with Crippen LogP contribution in [0.4, 0.5) is 0 Å². The van der Waals surface area contributed by atoms with Gasteiger partial charge in [-0.05, 0) is 46.2 Å². The molecule has 2 rings (SSSR count). The minimum atomic E-state index is -0.226. The number of H-pyrrole nitrogens is 1. The lowest BCUT2D eigenvalue weighted by molar-refractivity contribution is 0.0920. The summed E-state index contributed by atoms with van der Waals surface area (Å²) in [6.07, 6.45) is 0. The zero-order valence-corrected chi connectivity index (χ0v) is 11.6. The SMILES string of the molecule is Cc1[nH]c2cccc(C)c2c1C(=O)NC(C)(C)C. The summed E-state index contributed by atoms with van der Waals surface area (Å²) in [4.78, 5) is 15.7. The van der Waals surface area contributed by atoms with Crippen LogP contribution in [0.25, 0.3) is 10.9 Å². The van der Waals surface area contributed by atoms with Crippen molar-refractivity contribution in [2.45, 2.75) is 40.2 Å². The smallest absolute Gasteiger partial charge is 0.254 e. The highest BCUT2D eigenvalue weighted by Crippen LogP contribution is 2.25. The summed E-state index contributed by atoms with van der Waals surface area (Å²) in [6.45, 7) is 9.94. The number of benzene rings is 1. The average molecular weight is 244 g/mol. The maximum absolute atomic E-state index is 12.4. The van der Waals surface area contributed by atoms with Crippen molar-refractivity contribution in [2.24, 2.45) is 0 Å². The summed E-state index contributed by atoms with van der Waals surface area (Å²) < 4.78 is 0. The first kappa shape index (κ1) is 12.7. The Labute approximate surface area is 108 Å². The third kappa shape index (κ3) is 2.26. The molecule has 0 radical (unpaired) electrons. The molecule has 2 aromatic rings. The predicted molar refractivity (Wildman–Crippen MR) is 75.0 cm³/mol. The van der Waals surface area contributed by atoms with E-state index >= 15 is 0 Å². The zero-order chi connectivity index (χ0) is 13.5. The Morgan fingerprint density at radius 1 is 1.22 bits per heavy atom. The van der Waals surface area contributed by atoms with Crippen LogP contribution >= 0.6 is 0 Å². The molecule has 18 heavy (non-hydrogen) atoms. The minimum Gasteiger partial charge on any atom is -0.358 e. The van der Waals surface area contributed by atoms with Crippen LogP contribution in [0.3, 0.4) is 0 Å². The Morgan fingerprint density at radius 3 is 2.50 bits per heavy atom. The number of amides is 1. The molecule has 0 aliphatic heterocycles. The zero-order valence-electron chi connectivity index (χ0n) is 11.6. The molecule has 2 N–H and O–H groups in total. The quantitative estimate of drug-likeness (QED) is 0.794. The molecule has 0 saturated heterocycles. The molecule has 0 spiro atoms. The fourth-order valence-corrected chi connectivity index (χ4v) is 2.24. The largest absolute Gasteiger partial charge is 0.358 e. The van der Waals surface area contributed by atoms with Gasteiger partial charge in [-0.3, -0.25) is 4.79 Å². The number of carbonyl (C=O) groups is 1. The first-order valence-corrected chi connectivity index (χ1v) is 6.20. The molecule has 0 unspecified atom stereocenters. The molecular formula is C15H20N2O. The van der Waals surface area contributed by atoms with E-state index in [9.17, 15) is 4.79 Å². The molecule has 1 heterocycles. The van der Waals surface area contributed by atoms with Gasteiger partial charge in [0.15, 0.2) is 0 Å². The van der Waals surface area contributed by atoms with Gasteiger partial charge < -0.3 is 10.3 Å². The van der Waals surface area contributed by atoms with Gasteiger partial charge in [-0.25, -0.2) is 0 Å². The van der Waals surface area contributed by atoms with E-state index in [1.165, 1.54) is 0 Å². The van der Waals surface area contributed by atoms with Crippen LogP contribution < -0.4 is 5.32 Å². The third-order valence-electron chi connectivity index (χ3n) is 2.94. The molecule has 0 aliphatic rings. The van der Waals surface area contributed by atoms with E-state index < -0.39 is 0 Å². The molecule has 1 amide bonds. The summed E-state index contributed by atoms with van der Waals surface area (Å²) in [5.41, 5.74) is 3.59. The van der Waals surface area contributed by atoms with Gasteiger partial charge in [0.2, 0.25) is 0 Å². The molecule has 1 aromatic carbocycles. The molecule has 0 fully saturated rings. The molecule has 3 nitrogen and oxygen atoms in total. The van der Waals surface area contributed by atoms with Crippen molar-refractivity contribution in [3.05, 3.63) is 35.0 Å². The number of nitrogens with one attached hydrogen (secondary N) is 2. The predicted octanol–water partition coefficient (Wildman–Crippen LogP) is 3.31. The Balaban J connectivity index is 2.57. The fourth-order valence-electron chi connectivity index (χ4n) is 2.24. The summed E-state index contributed by atoms with van der Waals surface area (Å²) in [5, 5.41) is 4.05. The highest BCUT2D eigenvalue weighted by molar-refractivity contribution is 6.09. The second-order valence-electron chi connectivity index (χ2n) is 5.83. The van der Waals surface area contributed by atoms with E-state index in [0.717, 1.165) is 27.7 Å². The summed E-state index contributed by atoms with van der Waals surface area (Å²) in [5.74, 6) is -0.0134. The highest BCUT2D eigenvalue weighted by atomic mass is 16.1. The maximum Gasteiger partial charge on any atom is 0.254 e. The molecule has 3 heteroatoms. The van der Waals surface area contributed by atoms with E-state index in [1.807, 2.05) is 52.8 Å². The molecule has 1 aromatic heterocycles. The number of hydrogen-bond acceptors (Lipinski definition) is 1. The van der Waals surface area contributed by atoms with Crippen molar-refractivity contribution in [1.82, 2.24) is 10.3 Å². The van der Waals surface area contributed by atoms with Crippen LogP contribution in [-0.2, 0) is 0 Å². The fraction of sp³-hybridized carbons (Fsp3) is 0.400. The molecule has 0 aliphatic carbocycles. The van der Waals surface area contributed by atoms with Gasteiger partial charge in [-0.2, -0.15) is 0 Å². The Hall–Kier alpha value is -1.77. The second kappa shape index (κ2) is 4.16. The van der Waals surface area contributed by atoms with E-state index in [2.05, 4.69) is 10.3 Å². The molecular weight excluding hydrogens is 224 g/mol. The lowest BCUT2D eigenvalue weighted by Gasteiger charge is -2.20. The lowest BCUT2D eigenvalue weighted by atomic mass is 10.0. The van der Waals surface area contributed by atoms with Crippen molar-refractivity contribution < 1.29 is 4.79 Å². The summed E-state index contributed by atoms with van der Waals surface area (Å²) in [6, 6.07) is 6.03. The summed E-state index contributed by atoms with van der Waals surface area (Å²) >= 11 is 0. The van der Waals surface area contributed by atoms with Crippen molar-refractivity contribution in [2.75, 3.05) is 0 Å². The van der Waals surface area contributed by atoms with Crippen LogP contribution in [0.2, 0.25) is 0 Å². The molecule has 96 valence electrons. The van der Waals surface area contributed by atoms with E-state index in [1.54, 1.807) is 0 Å². The number of fused-ring (bicyclic) bond motifs is 1. The van der Waals surface area contributed by atoms with Crippen LogP contribution in [0.5, 0.6) is 0 Å².